The average molecular weight is 468 g/mol. The molecule has 0 spiro atoms. The maximum atomic E-state index is 13.4. The normalized spacial score (nSPS) is 11.3. The van der Waals surface area contributed by atoms with Gasteiger partial charge in [-0.2, -0.15) is 9.78 Å². The van der Waals surface area contributed by atoms with Crippen molar-refractivity contribution < 1.29 is 18.7 Å². The Morgan fingerprint density at radius 3 is 2.66 bits per heavy atom. The molecule has 5 rings (SSSR count). The third-order valence-corrected chi connectivity index (χ3v) is 5.32. The number of furan rings is 1. The minimum Gasteiger partial charge on any atom is -0.496 e. The Balaban J connectivity index is 1.68. The first-order valence-electron chi connectivity index (χ1n) is 10.7. The van der Waals surface area contributed by atoms with E-state index in [2.05, 4.69) is 10.1 Å². The highest BCUT2D eigenvalue weighted by molar-refractivity contribution is 5.89. The van der Waals surface area contributed by atoms with Gasteiger partial charge in [0.25, 0.3) is 11.5 Å². The number of para-hydroxylation sites is 2. The molecular formula is C26H20N4O5. The van der Waals surface area contributed by atoms with Crippen LogP contribution in [0.5, 0.6) is 11.5 Å². The lowest BCUT2D eigenvalue weighted by Gasteiger charge is -2.09. The number of nitrogens with zero attached hydrogens (tertiary/aromatic N) is 3. The molecule has 0 radical (unpaired) electrons. The zero-order chi connectivity index (χ0) is 24.4. The number of methoxy groups -OCH3 is 1. The van der Waals surface area contributed by atoms with E-state index in [1.54, 1.807) is 67.8 Å². The van der Waals surface area contributed by atoms with Gasteiger partial charge in [-0.25, -0.2) is 4.98 Å². The van der Waals surface area contributed by atoms with Gasteiger partial charge in [0.15, 0.2) is 12.4 Å². The Morgan fingerprint density at radius 2 is 1.83 bits per heavy atom. The van der Waals surface area contributed by atoms with Crippen LogP contribution in [0.15, 0.2) is 87.1 Å². The fraction of sp³-hybridized carbons (Fsp3) is 0.0769. The Bertz CT molecular complexity index is 1650. The number of fused-ring (bicyclic) bond motifs is 2. The summed E-state index contributed by atoms with van der Waals surface area (Å²) in [6.07, 6.45) is 1.46. The number of amides is 1. The number of nitrogens with two attached hydrogens (primary N) is 1. The zero-order valence-corrected chi connectivity index (χ0v) is 18.7. The summed E-state index contributed by atoms with van der Waals surface area (Å²) in [4.78, 5) is 29.3. The summed E-state index contributed by atoms with van der Waals surface area (Å²) in [6.45, 7) is -0.283. The topological polar surface area (TPSA) is 122 Å². The minimum absolute atomic E-state index is 0.221. The average Bonchev–Trinajstić information content (AvgIpc) is 3.32. The summed E-state index contributed by atoms with van der Waals surface area (Å²) in [7, 11) is 1.58. The molecule has 0 bridgehead atoms. The lowest BCUT2D eigenvalue weighted by atomic mass is 10.2. The fourth-order valence-corrected chi connectivity index (χ4v) is 3.70. The molecule has 9 nitrogen and oxygen atoms in total. The first-order chi connectivity index (χ1) is 17.0. The predicted molar refractivity (Wildman–Crippen MR) is 132 cm³/mol. The van der Waals surface area contributed by atoms with Crippen LogP contribution in [0.1, 0.15) is 5.56 Å². The maximum Gasteiger partial charge on any atom is 0.282 e. The van der Waals surface area contributed by atoms with Gasteiger partial charge in [0.1, 0.15) is 17.1 Å². The zero-order valence-electron chi connectivity index (χ0n) is 18.7. The summed E-state index contributed by atoms with van der Waals surface area (Å²) in [6, 6.07) is 21.2. The Morgan fingerprint density at radius 1 is 1.06 bits per heavy atom. The molecule has 0 saturated heterocycles. The van der Waals surface area contributed by atoms with Crippen LogP contribution >= 0.6 is 0 Å². The lowest BCUT2D eigenvalue weighted by Crippen LogP contribution is -2.21. The van der Waals surface area contributed by atoms with Gasteiger partial charge in [0.05, 0.1) is 29.6 Å². The highest BCUT2D eigenvalue weighted by Gasteiger charge is 2.18. The van der Waals surface area contributed by atoms with Crippen LogP contribution in [0.25, 0.3) is 33.5 Å². The molecule has 1 amide bonds. The van der Waals surface area contributed by atoms with Crippen molar-refractivity contribution in [1.29, 1.82) is 0 Å². The van der Waals surface area contributed by atoms with Crippen molar-refractivity contribution >= 4 is 34.0 Å². The number of hydrogen-bond donors (Lipinski definition) is 1. The summed E-state index contributed by atoms with van der Waals surface area (Å²) >= 11 is 0. The van der Waals surface area contributed by atoms with Crippen LogP contribution in [0.4, 0.5) is 0 Å². The molecule has 0 saturated carbocycles. The molecule has 0 unspecified atom stereocenters. The summed E-state index contributed by atoms with van der Waals surface area (Å²) in [5.74, 6) is 0.999. The van der Waals surface area contributed by atoms with Crippen LogP contribution in [0.2, 0.25) is 0 Å². The molecule has 174 valence electrons. The molecule has 9 heteroatoms. The second-order valence-corrected chi connectivity index (χ2v) is 7.59. The molecule has 2 heterocycles. The Labute approximate surface area is 199 Å². The van der Waals surface area contributed by atoms with Crippen molar-refractivity contribution in [2.24, 2.45) is 10.8 Å². The number of carbonyl (C=O) groups excluding carboxylic acids is 1. The molecule has 0 fully saturated rings. The molecule has 2 aromatic heterocycles. The number of rotatable bonds is 7. The second-order valence-electron chi connectivity index (χ2n) is 7.59. The number of carbonyl (C=O) groups is 1. The van der Waals surface area contributed by atoms with E-state index in [0.717, 1.165) is 5.39 Å². The van der Waals surface area contributed by atoms with Gasteiger partial charge >= 0.3 is 0 Å². The maximum absolute atomic E-state index is 13.4. The molecule has 0 aliphatic rings. The van der Waals surface area contributed by atoms with E-state index >= 15 is 0 Å². The van der Waals surface area contributed by atoms with Crippen LogP contribution in [0.3, 0.4) is 0 Å². The molecule has 5 aromatic rings. The van der Waals surface area contributed by atoms with Crippen molar-refractivity contribution in [2.75, 3.05) is 13.7 Å². The lowest BCUT2D eigenvalue weighted by molar-refractivity contribution is -0.119. The largest absolute Gasteiger partial charge is 0.496 e. The van der Waals surface area contributed by atoms with Gasteiger partial charge in [-0.1, -0.05) is 30.3 Å². The van der Waals surface area contributed by atoms with Crippen LogP contribution in [0, 0.1) is 0 Å². The quantitative estimate of drug-likeness (QED) is 0.365. The van der Waals surface area contributed by atoms with Crippen molar-refractivity contribution in [2.45, 2.75) is 0 Å². The molecule has 0 aliphatic heterocycles. The number of ether oxygens (including phenoxy) is 2. The van der Waals surface area contributed by atoms with Crippen LogP contribution in [-0.4, -0.2) is 35.5 Å². The summed E-state index contributed by atoms with van der Waals surface area (Å²) < 4.78 is 18.1. The molecule has 35 heavy (non-hydrogen) atoms. The van der Waals surface area contributed by atoms with Crippen molar-refractivity contribution in [1.82, 2.24) is 9.66 Å². The van der Waals surface area contributed by atoms with Crippen LogP contribution in [-0.2, 0) is 4.79 Å². The van der Waals surface area contributed by atoms with Crippen LogP contribution < -0.4 is 20.8 Å². The number of benzene rings is 3. The standard InChI is InChI=1S/C26H20N4O5/c1-33-21-11-6-12-22-18(21)13-23(35-22)25-29-19-9-4-3-8-17(19)26(32)30(25)28-14-16-7-2-5-10-20(16)34-15-24(27)31/h2-14H,15H2,1H3,(H2,27,31). The summed E-state index contributed by atoms with van der Waals surface area (Å²) in [5.41, 5.74) is 6.47. The SMILES string of the molecule is COc1cccc2oc(-c3nc4ccccc4c(=O)n3N=Cc3ccccc3OCC(N)=O)cc12. The molecule has 2 N–H and O–H groups in total. The second kappa shape index (κ2) is 9.14. The number of aromatic nitrogens is 2. The highest BCUT2D eigenvalue weighted by atomic mass is 16.5. The highest BCUT2D eigenvalue weighted by Crippen LogP contribution is 2.32. The van der Waals surface area contributed by atoms with Gasteiger partial charge in [-0.3, -0.25) is 9.59 Å². The number of hydrogen-bond acceptors (Lipinski definition) is 7. The number of primary amides is 1. The van der Waals surface area contributed by atoms with Gasteiger partial charge in [-0.05, 0) is 42.5 Å². The monoisotopic (exact) mass is 468 g/mol. The summed E-state index contributed by atoms with van der Waals surface area (Å²) in [5, 5.41) is 5.58. The van der Waals surface area contributed by atoms with E-state index in [1.807, 2.05) is 12.1 Å². The Kier molecular flexibility index (Phi) is 5.72. The molecular weight excluding hydrogens is 448 g/mol. The first-order valence-corrected chi connectivity index (χ1v) is 10.7. The van der Waals surface area contributed by atoms with E-state index in [0.29, 0.717) is 39.3 Å². The van der Waals surface area contributed by atoms with Gasteiger partial charge in [0, 0.05) is 5.56 Å². The molecule has 0 atom stereocenters. The van der Waals surface area contributed by atoms with E-state index in [1.165, 1.54) is 10.9 Å². The van der Waals surface area contributed by atoms with Crippen molar-refractivity contribution in [3.63, 3.8) is 0 Å². The fourth-order valence-electron chi connectivity index (χ4n) is 3.70. The van der Waals surface area contributed by atoms with Gasteiger partial charge < -0.3 is 19.6 Å². The Hall–Kier alpha value is -4.92. The smallest absolute Gasteiger partial charge is 0.282 e. The van der Waals surface area contributed by atoms with Gasteiger partial charge in [-0.15, -0.1) is 0 Å². The third-order valence-electron chi connectivity index (χ3n) is 5.32. The predicted octanol–water partition coefficient (Wildman–Crippen LogP) is 3.56. The third kappa shape index (κ3) is 4.22. The molecule has 0 aliphatic carbocycles. The first kappa shape index (κ1) is 21.9. The molecule has 3 aromatic carbocycles. The van der Waals surface area contributed by atoms with E-state index in [-0.39, 0.29) is 18.0 Å². The van der Waals surface area contributed by atoms with Gasteiger partial charge in [0.2, 0.25) is 5.82 Å². The van der Waals surface area contributed by atoms with Crippen molar-refractivity contribution in [3.8, 4) is 23.1 Å². The van der Waals surface area contributed by atoms with E-state index in [9.17, 15) is 9.59 Å². The minimum atomic E-state index is -0.603. The van der Waals surface area contributed by atoms with E-state index in [4.69, 9.17) is 19.6 Å². The van der Waals surface area contributed by atoms with E-state index < -0.39 is 5.91 Å². The van der Waals surface area contributed by atoms with Crippen molar-refractivity contribution in [3.05, 3.63) is 88.7 Å².